The summed E-state index contributed by atoms with van der Waals surface area (Å²) in [4.78, 5) is 14.5. The summed E-state index contributed by atoms with van der Waals surface area (Å²) < 4.78 is 10.7. The summed E-state index contributed by atoms with van der Waals surface area (Å²) in [5.74, 6) is 1.52. The molecular formula is C16H22N2O3. The number of rotatable bonds is 7. The number of carbonyl (C=O) groups is 1. The molecule has 0 unspecified atom stereocenters. The van der Waals surface area contributed by atoms with Gasteiger partial charge in [0, 0.05) is 0 Å². The Hall–Kier alpha value is -2.01. The Morgan fingerprint density at radius 3 is 2.05 bits per heavy atom. The van der Waals surface area contributed by atoms with Gasteiger partial charge in [-0.05, 0) is 44.7 Å². The molecule has 1 amide bonds. The molecule has 2 aromatic heterocycles. The van der Waals surface area contributed by atoms with Crippen molar-refractivity contribution in [3.63, 3.8) is 0 Å². The lowest BCUT2D eigenvalue weighted by Gasteiger charge is -2.31. The van der Waals surface area contributed by atoms with Crippen LogP contribution >= 0.6 is 0 Å². The van der Waals surface area contributed by atoms with Crippen LogP contribution in [0.3, 0.4) is 0 Å². The van der Waals surface area contributed by atoms with Crippen LogP contribution in [0.4, 0.5) is 0 Å². The molecule has 0 aliphatic rings. The first-order valence-electron chi connectivity index (χ1n) is 7.12. The van der Waals surface area contributed by atoms with Gasteiger partial charge in [0.05, 0.1) is 31.2 Å². The highest BCUT2D eigenvalue weighted by Gasteiger charge is 2.31. The third-order valence-corrected chi connectivity index (χ3v) is 3.29. The Morgan fingerprint density at radius 2 is 1.67 bits per heavy atom. The maximum absolute atomic E-state index is 12.8. The number of likely N-dealkylation sites (N-methyl/N-ethyl adjacent to an activating group) is 1. The first-order chi connectivity index (χ1) is 10.0. The first-order valence-corrected chi connectivity index (χ1v) is 7.12. The van der Waals surface area contributed by atoms with E-state index in [2.05, 4.69) is 5.32 Å². The van der Waals surface area contributed by atoms with Crippen molar-refractivity contribution >= 4 is 5.91 Å². The minimum absolute atomic E-state index is 0.0113. The molecule has 21 heavy (non-hydrogen) atoms. The molecule has 2 rings (SSSR count). The molecule has 0 fully saturated rings. The molecule has 0 bridgehead atoms. The predicted molar refractivity (Wildman–Crippen MR) is 79.4 cm³/mol. The summed E-state index contributed by atoms with van der Waals surface area (Å²) in [6, 6.07) is 7.37. The van der Waals surface area contributed by atoms with Gasteiger partial charge in [-0.3, -0.25) is 4.79 Å². The van der Waals surface area contributed by atoms with Gasteiger partial charge in [0.1, 0.15) is 11.5 Å². The van der Waals surface area contributed by atoms with E-state index in [9.17, 15) is 4.79 Å². The van der Waals surface area contributed by atoms with E-state index >= 15 is 0 Å². The number of furan rings is 2. The van der Waals surface area contributed by atoms with Crippen molar-refractivity contribution < 1.29 is 13.6 Å². The summed E-state index contributed by atoms with van der Waals surface area (Å²) in [6.45, 7) is 7.32. The van der Waals surface area contributed by atoms with E-state index in [4.69, 9.17) is 8.83 Å². The lowest BCUT2D eigenvalue weighted by Crippen LogP contribution is -2.53. The quantitative estimate of drug-likeness (QED) is 0.852. The van der Waals surface area contributed by atoms with Crippen molar-refractivity contribution in [2.45, 2.75) is 39.4 Å². The molecule has 0 saturated heterocycles. The average molecular weight is 290 g/mol. The molecule has 5 nitrogen and oxygen atoms in total. The molecule has 0 atom stereocenters. The highest BCUT2D eigenvalue weighted by atomic mass is 16.3. The van der Waals surface area contributed by atoms with Gasteiger partial charge in [-0.1, -0.05) is 6.92 Å². The van der Waals surface area contributed by atoms with Crippen LogP contribution in [0.5, 0.6) is 0 Å². The van der Waals surface area contributed by atoms with E-state index in [0.717, 1.165) is 18.1 Å². The van der Waals surface area contributed by atoms with E-state index < -0.39 is 5.54 Å². The SMILES string of the molecule is CCNC(C)(C)C(=O)N(Cc1ccco1)Cc1ccco1. The van der Waals surface area contributed by atoms with Gasteiger partial charge < -0.3 is 19.1 Å². The highest BCUT2D eigenvalue weighted by molar-refractivity contribution is 5.85. The average Bonchev–Trinajstić information content (AvgIpc) is 3.10. The van der Waals surface area contributed by atoms with Crippen LogP contribution in [0.25, 0.3) is 0 Å². The number of amides is 1. The minimum Gasteiger partial charge on any atom is -0.467 e. The summed E-state index contributed by atoms with van der Waals surface area (Å²) in [7, 11) is 0. The van der Waals surface area contributed by atoms with E-state index in [1.54, 1.807) is 17.4 Å². The van der Waals surface area contributed by atoms with Gasteiger partial charge in [-0.2, -0.15) is 0 Å². The number of nitrogens with one attached hydrogen (secondary N) is 1. The van der Waals surface area contributed by atoms with Crippen molar-refractivity contribution in [1.82, 2.24) is 10.2 Å². The largest absolute Gasteiger partial charge is 0.467 e. The highest BCUT2D eigenvalue weighted by Crippen LogP contribution is 2.16. The fraction of sp³-hybridized carbons (Fsp3) is 0.438. The molecule has 0 saturated carbocycles. The second kappa shape index (κ2) is 6.63. The van der Waals surface area contributed by atoms with Gasteiger partial charge in [0.25, 0.3) is 0 Å². The van der Waals surface area contributed by atoms with Gasteiger partial charge in [0.2, 0.25) is 5.91 Å². The summed E-state index contributed by atoms with van der Waals surface area (Å²) >= 11 is 0. The van der Waals surface area contributed by atoms with Crippen molar-refractivity contribution in [3.05, 3.63) is 48.3 Å². The molecule has 0 spiro atoms. The topological polar surface area (TPSA) is 58.6 Å². The zero-order valence-electron chi connectivity index (χ0n) is 12.8. The molecule has 2 heterocycles. The predicted octanol–water partition coefficient (Wildman–Crippen LogP) is 2.79. The molecule has 5 heteroatoms. The second-order valence-corrected chi connectivity index (χ2v) is 5.48. The Kier molecular flexibility index (Phi) is 4.85. The van der Waals surface area contributed by atoms with E-state index in [-0.39, 0.29) is 5.91 Å². The van der Waals surface area contributed by atoms with Crippen LogP contribution in [0.2, 0.25) is 0 Å². The molecule has 0 aliphatic heterocycles. The van der Waals surface area contributed by atoms with Gasteiger partial charge >= 0.3 is 0 Å². The van der Waals surface area contributed by atoms with E-state index in [0.29, 0.717) is 13.1 Å². The number of hydrogen-bond acceptors (Lipinski definition) is 4. The van der Waals surface area contributed by atoms with Crippen molar-refractivity contribution in [3.8, 4) is 0 Å². The molecule has 1 N–H and O–H groups in total. The van der Waals surface area contributed by atoms with Crippen LogP contribution in [0, 0.1) is 0 Å². The Labute approximate surface area is 124 Å². The van der Waals surface area contributed by atoms with E-state index in [1.807, 2.05) is 45.0 Å². The standard InChI is InChI=1S/C16H22N2O3/c1-4-17-16(2,3)15(19)18(11-13-7-5-9-20-13)12-14-8-6-10-21-14/h5-10,17H,4,11-12H2,1-3H3. The van der Waals surface area contributed by atoms with Crippen LogP contribution in [-0.4, -0.2) is 22.9 Å². The van der Waals surface area contributed by atoms with Crippen LogP contribution in [0.15, 0.2) is 45.6 Å². The van der Waals surface area contributed by atoms with Crippen molar-refractivity contribution in [1.29, 1.82) is 0 Å². The summed E-state index contributed by atoms with van der Waals surface area (Å²) in [5.41, 5.74) is -0.631. The zero-order valence-corrected chi connectivity index (χ0v) is 12.8. The fourth-order valence-corrected chi connectivity index (χ4v) is 2.29. The minimum atomic E-state index is -0.631. The lowest BCUT2D eigenvalue weighted by atomic mass is 10.0. The molecule has 0 radical (unpaired) electrons. The van der Waals surface area contributed by atoms with Gasteiger partial charge in [-0.15, -0.1) is 0 Å². The third-order valence-electron chi connectivity index (χ3n) is 3.29. The zero-order chi connectivity index (χ0) is 15.3. The Morgan fingerprint density at radius 1 is 1.14 bits per heavy atom. The van der Waals surface area contributed by atoms with Crippen LogP contribution in [-0.2, 0) is 17.9 Å². The number of carbonyl (C=O) groups excluding carboxylic acids is 1. The molecule has 0 aliphatic carbocycles. The number of hydrogen-bond donors (Lipinski definition) is 1. The van der Waals surface area contributed by atoms with Gasteiger partial charge in [-0.25, -0.2) is 0 Å². The normalized spacial score (nSPS) is 11.6. The van der Waals surface area contributed by atoms with Gasteiger partial charge in [0.15, 0.2) is 0 Å². The molecule has 2 aromatic rings. The first kappa shape index (κ1) is 15.4. The smallest absolute Gasteiger partial charge is 0.243 e. The summed E-state index contributed by atoms with van der Waals surface area (Å²) in [5, 5.41) is 3.21. The molecule has 114 valence electrons. The third kappa shape index (κ3) is 3.98. The molecule has 0 aromatic carbocycles. The molecular weight excluding hydrogens is 268 g/mol. The second-order valence-electron chi connectivity index (χ2n) is 5.48. The van der Waals surface area contributed by atoms with Crippen LogP contribution in [0.1, 0.15) is 32.3 Å². The van der Waals surface area contributed by atoms with E-state index in [1.165, 1.54) is 0 Å². The lowest BCUT2D eigenvalue weighted by molar-refractivity contribution is -0.139. The van der Waals surface area contributed by atoms with Crippen molar-refractivity contribution in [2.24, 2.45) is 0 Å². The number of nitrogens with zero attached hydrogens (tertiary/aromatic N) is 1. The maximum Gasteiger partial charge on any atom is 0.243 e. The Bertz CT molecular complexity index is 508. The summed E-state index contributed by atoms with van der Waals surface area (Å²) in [6.07, 6.45) is 3.22. The maximum atomic E-state index is 12.8. The van der Waals surface area contributed by atoms with Crippen LogP contribution < -0.4 is 5.32 Å². The van der Waals surface area contributed by atoms with Crippen molar-refractivity contribution in [2.75, 3.05) is 6.54 Å². The monoisotopic (exact) mass is 290 g/mol. The fourth-order valence-electron chi connectivity index (χ4n) is 2.29. The Balaban J connectivity index is 2.16.